The lowest BCUT2D eigenvalue weighted by Gasteiger charge is -2.18. The Morgan fingerprint density at radius 2 is 1.59 bits per heavy atom. The summed E-state index contributed by atoms with van der Waals surface area (Å²) in [6.45, 7) is 0. The van der Waals surface area contributed by atoms with E-state index in [-0.39, 0.29) is 11.6 Å². The maximum Gasteiger partial charge on any atom is 0.194 e. The molecule has 0 amide bonds. The largest absolute Gasteiger partial charge is 0.339 e. The van der Waals surface area contributed by atoms with Crippen LogP contribution in [0.15, 0.2) is 55.0 Å². The number of benzene rings is 2. The van der Waals surface area contributed by atoms with Gasteiger partial charge in [-0.1, -0.05) is 24.3 Å². The molecule has 5 rings (SSSR count). The number of aryl methyl sites for hydroxylation is 1. The van der Waals surface area contributed by atoms with E-state index in [1.54, 1.807) is 60.4 Å². The van der Waals surface area contributed by atoms with Crippen molar-refractivity contribution in [3.05, 3.63) is 77.2 Å². The third kappa shape index (κ3) is 2.25. The van der Waals surface area contributed by atoms with E-state index in [2.05, 4.69) is 20.4 Å². The van der Waals surface area contributed by atoms with Crippen LogP contribution in [-0.2, 0) is 7.05 Å². The van der Waals surface area contributed by atoms with E-state index in [1.165, 1.54) is 6.33 Å². The molecular formula is C20H13N5O2. The fourth-order valence-electron chi connectivity index (χ4n) is 3.38. The smallest absolute Gasteiger partial charge is 0.194 e. The summed E-state index contributed by atoms with van der Waals surface area (Å²) in [7, 11) is 1.81. The molecular weight excluding hydrogens is 342 g/mol. The molecule has 0 atom stereocenters. The number of anilines is 2. The molecule has 0 aliphatic heterocycles. The molecule has 0 radical (unpaired) electrons. The predicted octanol–water partition coefficient (Wildman–Crippen LogP) is 2.88. The van der Waals surface area contributed by atoms with E-state index in [9.17, 15) is 9.59 Å². The average molecular weight is 355 g/mol. The number of aromatic nitrogens is 4. The Morgan fingerprint density at radius 1 is 0.889 bits per heavy atom. The van der Waals surface area contributed by atoms with E-state index in [0.717, 1.165) is 5.39 Å². The number of nitrogens with zero attached hydrogens (tertiary/aromatic N) is 4. The topological polar surface area (TPSA) is 89.8 Å². The molecule has 2 aromatic carbocycles. The minimum absolute atomic E-state index is 0.136. The van der Waals surface area contributed by atoms with Gasteiger partial charge in [0.05, 0.1) is 11.6 Å². The lowest BCUT2D eigenvalue weighted by atomic mass is 9.84. The van der Waals surface area contributed by atoms with Gasteiger partial charge in [0.15, 0.2) is 17.2 Å². The molecule has 1 aliphatic rings. The van der Waals surface area contributed by atoms with Gasteiger partial charge in [0.1, 0.15) is 12.1 Å². The van der Waals surface area contributed by atoms with Crippen molar-refractivity contribution in [1.82, 2.24) is 19.7 Å². The molecule has 1 aliphatic carbocycles. The SMILES string of the molecule is Cn1ncc2c(Nc3ccc4c(c3)C(=O)c3ccccc3C4=O)ncnc21. The number of fused-ring (bicyclic) bond motifs is 3. The fourth-order valence-corrected chi connectivity index (χ4v) is 3.38. The zero-order valence-electron chi connectivity index (χ0n) is 14.3. The molecule has 0 saturated heterocycles. The Morgan fingerprint density at radius 3 is 2.37 bits per heavy atom. The molecule has 2 heterocycles. The Labute approximate surface area is 153 Å². The summed E-state index contributed by atoms with van der Waals surface area (Å²) in [6.07, 6.45) is 3.14. The van der Waals surface area contributed by atoms with Crippen LogP contribution < -0.4 is 5.32 Å². The summed E-state index contributed by atoms with van der Waals surface area (Å²) in [6, 6.07) is 12.0. The average Bonchev–Trinajstić information content (AvgIpc) is 3.08. The second kappa shape index (κ2) is 5.57. The van der Waals surface area contributed by atoms with Crippen LogP contribution >= 0.6 is 0 Å². The molecule has 7 nitrogen and oxygen atoms in total. The first-order valence-electron chi connectivity index (χ1n) is 8.35. The molecule has 0 saturated carbocycles. The lowest BCUT2D eigenvalue weighted by molar-refractivity contribution is 0.0979. The summed E-state index contributed by atoms with van der Waals surface area (Å²) in [5.41, 5.74) is 3.05. The minimum Gasteiger partial charge on any atom is -0.339 e. The molecule has 2 aromatic heterocycles. The highest BCUT2D eigenvalue weighted by Crippen LogP contribution is 2.30. The van der Waals surface area contributed by atoms with E-state index >= 15 is 0 Å². The summed E-state index contributed by atoms with van der Waals surface area (Å²) in [5.74, 6) is 0.296. The van der Waals surface area contributed by atoms with Crippen LogP contribution in [0.25, 0.3) is 11.0 Å². The monoisotopic (exact) mass is 355 g/mol. The standard InChI is InChI=1S/C20H13N5O2/c1-25-20-16(9-23-25)19(21-10-22-20)24-11-6-7-14-15(8-11)18(27)13-5-3-2-4-12(13)17(14)26/h2-10H,1H3,(H,21,22,24). The molecule has 0 spiro atoms. The normalized spacial score (nSPS) is 12.8. The van der Waals surface area contributed by atoms with Gasteiger partial charge in [-0.15, -0.1) is 0 Å². The number of nitrogens with one attached hydrogen (secondary N) is 1. The Hall–Kier alpha value is -3.87. The summed E-state index contributed by atoms with van der Waals surface area (Å²) in [4.78, 5) is 34.0. The Kier molecular flexibility index (Phi) is 3.17. The highest BCUT2D eigenvalue weighted by molar-refractivity contribution is 6.28. The number of hydrogen-bond acceptors (Lipinski definition) is 6. The van der Waals surface area contributed by atoms with Crippen molar-refractivity contribution in [3.8, 4) is 0 Å². The molecule has 0 bridgehead atoms. The van der Waals surface area contributed by atoms with Crippen LogP contribution in [0.3, 0.4) is 0 Å². The van der Waals surface area contributed by atoms with Crippen molar-refractivity contribution in [3.63, 3.8) is 0 Å². The number of ketones is 2. The van der Waals surface area contributed by atoms with Gasteiger partial charge in [-0.25, -0.2) is 9.97 Å². The van der Waals surface area contributed by atoms with Crippen molar-refractivity contribution < 1.29 is 9.59 Å². The maximum atomic E-state index is 12.9. The number of carbonyl (C=O) groups excluding carboxylic acids is 2. The number of carbonyl (C=O) groups is 2. The van der Waals surface area contributed by atoms with E-state index in [4.69, 9.17) is 0 Å². The van der Waals surface area contributed by atoms with Gasteiger partial charge < -0.3 is 5.32 Å². The van der Waals surface area contributed by atoms with Crippen LogP contribution in [0.4, 0.5) is 11.5 Å². The first-order valence-corrected chi connectivity index (χ1v) is 8.35. The van der Waals surface area contributed by atoms with Gasteiger partial charge >= 0.3 is 0 Å². The second-order valence-electron chi connectivity index (χ2n) is 6.32. The quantitative estimate of drug-likeness (QED) is 0.524. The van der Waals surface area contributed by atoms with Crippen molar-refractivity contribution >= 4 is 34.1 Å². The zero-order valence-corrected chi connectivity index (χ0v) is 14.3. The first-order chi connectivity index (χ1) is 13.1. The van der Waals surface area contributed by atoms with Crippen molar-refractivity contribution in [2.75, 3.05) is 5.32 Å². The van der Waals surface area contributed by atoms with Crippen molar-refractivity contribution in [2.24, 2.45) is 7.05 Å². The lowest BCUT2D eigenvalue weighted by Crippen LogP contribution is -2.20. The number of hydrogen-bond donors (Lipinski definition) is 1. The van der Waals surface area contributed by atoms with Crippen LogP contribution in [0.5, 0.6) is 0 Å². The molecule has 7 heteroatoms. The minimum atomic E-state index is -0.155. The first kappa shape index (κ1) is 15.4. The molecule has 27 heavy (non-hydrogen) atoms. The van der Waals surface area contributed by atoms with Crippen molar-refractivity contribution in [2.45, 2.75) is 0 Å². The predicted molar refractivity (Wildman–Crippen MR) is 99.3 cm³/mol. The summed E-state index contributed by atoms with van der Waals surface area (Å²) >= 11 is 0. The second-order valence-corrected chi connectivity index (χ2v) is 6.32. The summed E-state index contributed by atoms with van der Waals surface area (Å²) < 4.78 is 1.66. The van der Waals surface area contributed by atoms with Gasteiger partial charge in [0.25, 0.3) is 0 Å². The van der Waals surface area contributed by atoms with Gasteiger partial charge in [-0.05, 0) is 18.2 Å². The maximum absolute atomic E-state index is 12.9. The molecule has 1 N–H and O–H groups in total. The zero-order chi connectivity index (χ0) is 18.5. The molecule has 0 fully saturated rings. The van der Waals surface area contributed by atoms with Gasteiger partial charge in [-0.2, -0.15) is 5.10 Å². The Bertz CT molecular complexity index is 1260. The molecule has 4 aromatic rings. The third-order valence-corrected chi connectivity index (χ3v) is 4.72. The van der Waals surface area contributed by atoms with Gasteiger partial charge in [0, 0.05) is 35.0 Å². The highest BCUT2D eigenvalue weighted by atomic mass is 16.1. The summed E-state index contributed by atoms with van der Waals surface area (Å²) in [5, 5.41) is 8.16. The van der Waals surface area contributed by atoms with Crippen LogP contribution in [0.2, 0.25) is 0 Å². The van der Waals surface area contributed by atoms with Crippen LogP contribution in [0.1, 0.15) is 31.8 Å². The van der Waals surface area contributed by atoms with Gasteiger partial charge in [0.2, 0.25) is 0 Å². The highest BCUT2D eigenvalue weighted by Gasteiger charge is 2.29. The van der Waals surface area contributed by atoms with Gasteiger partial charge in [-0.3, -0.25) is 14.3 Å². The third-order valence-electron chi connectivity index (χ3n) is 4.72. The molecule has 0 unspecified atom stereocenters. The van der Waals surface area contributed by atoms with Crippen LogP contribution in [0, 0.1) is 0 Å². The van der Waals surface area contributed by atoms with Crippen LogP contribution in [-0.4, -0.2) is 31.3 Å². The van der Waals surface area contributed by atoms with E-state index in [1.807, 2.05) is 0 Å². The number of rotatable bonds is 2. The Balaban J connectivity index is 1.58. The van der Waals surface area contributed by atoms with E-state index in [0.29, 0.717) is 39.4 Å². The van der Waals surface area contributed by atoms with E-state index < -0.39 is 0 Å². The fraction of sp³-hybridized carbons (Fsp3) is 0.0500. The van der Waals surface area contributed by atoms with Crippen molar-refractivity contribution in [1.29, 1.82) is 0 Å². The molecule has 130 valence electrons.